The predicted molar refractivity (Wildman–Crippen MR) is 53.2 cm³/mol. The Hall–Kier alpha value is -0.610. The van der Waals surface area contributed by atoms with E-state index >= 15 is 0 Å². The Morgan fingerprint density at radius 2 is 1.71 bits per heavy atom. The molecule has 0 atom stereocenters. The quantitative estimate of drug-likeness (QED) is 0.420. The fourth-order valence-electron chi connectivity index (χ4n) is 0.887. The van der Waals surface area contributed by atoms with E-state index in [1.807, 2.05) is 0 Å². The van der Waals surface area contributed by atoms with Gasteiger partial charge in [0.25, 0.3) is 0 Å². The van der Waals surface area contributed by atoms with Gasteiger partial charge in [-0.1, -0.05) is 6.92 Å². The number of carbonyl (C=O) groups excluding carboxylic acids is 1. The van der Waals surface area contributed by atoms with E-state index in [0.717, 1.165) is 13.0 Å². The van der Waals surface area contributed by atoms with Crippen molar-refractivity contribution in [3.05, 3.63) is 0 Å². The summed E-state index contributed by atoms with van der Waals surface area (Å²) in [5.41, 5.74) is 0. The minimum absolute atomic E-state index is 0.184. The zero-order valence-corrected chi connectivity index (χ0v) is 9.08. The van der Waals surface area contributed by atoms with Gasteiger partial charge in [-0.15, -0.1) is 0 Å². The number of esters is 1. The molecule has 0 saturated carbocycles. The Bertz CT molecular complexity index is 136. The standard InChI is InChI=1S/C10H20O4/c1-3-6-13-8-9-14-7-4-5-10(11)12-2/h3-9H2,1-2H3. The van der Waals surface area contributed by atoms with Crippen molar-refractivity contribution in [2.45, 2.75) is 26.2 Å². The molecule has 0 bridgehead atoms. The molecule has 0 spiro atoms. The minimum Gasteiger partial charge on any atom is -0.469 e. The average molecular weight is 204 g/mol. The van der Waals surface area contributed by atoms with Gasteiger partial charge in [0.05, 0.1) is 20.3 Å². The smallest absolute Gasteiger partial charge is 0.305 e. The maximum atomic E-state index is 10.7. The first-order valence-electron chi connectivity index (χ1n) is 5.03. The Kier molecular flexibility index (Phi) is 10.0. The van der Waals surface area contributed by atoms with E-state index in [1.54, 1.807) is 0 Å². The summed E-state index contributed by atoms with van der Waals surface area (Å²) in [5.74, 6) is -0.184. The molecule has 4 nitrogen and oxygen atoms in total. The van der Waals surface area contributed by atoms with Crippen molar-refractivity contribution in [2.75, 3.05) is 33.5 Å². The van der Waals surface area contributed by atoms with Gasteiger partial charge in [0.15, 0.2) is 0 Å². The maximum Gasteiger partial charge on any atom is 0.305 e. The third-order valence-electron chi connectivity index (χ3n) is 1.62. The van der Waals surface area contributed by atoms with E-state index in [2.05, 4.69) is 11.7 Å². The third-order valence-corrected chi connectivity index (χ3v) is 1.62. The van der Waals surface area contributed by atoms with Crippen molar-refractivity contribution in [3.8, 4) is 0 Å². The molecule has 0 rings (SSSR count). The molecule has 0 aromatic carbocycles. The highest BCUT2D eigenvalue weighted by atomic mass is 16.5. The number of carbonyl (C=O) groups is 1. The van der Waals surface area contributed by atoms with Crippen LogP contribution in [-0.2, 0) is 19.0 Å². The fraction of sp³-hybridized carbons (Fsp3) is 0.900. The molecule has 14 heavy (non-hydrogen) atoms. The molecular weight excluding hydrogens is 184 g/mol. The highest BCUT2D eigenvalue weighted by molar-refractivity contribution is 5.68. The lowest BCUT2D eigenvalue weighted by Crippen LogP contribution is -2.07. The van der Waals surface area contributed by atoms with Crippen molar-refractivity contribution >= 4 is 5.97 Å². The summed E-state index contributed by atoms with van der Waals surface area (Å²) in [6, 6.07) is 0. The van der Waals surface area contributed by atoms with Crippen molar-refractivity contribution in [1.82, 2.24) is 0 Å². The van der Waals surface area contributed by atoms with E-state index in [0.29, 0.717) is 32.7 Å². The van der Waals surface area contributed by atoms with Gasteiger partial charge in [0, 0.05) is 19.6 Å². The summed E-state index contributed by atoms with van der Waals surface area (Å²) < 4.78 is 14.9. The highest BCUT2D eigenvalue weighted by Gasteiger charge is 1.98. The molecule has 0 aliphatic heterocycles. The topological polar surface area (TPSA) is 44.8 Å². The van der Waals surface area contributed by atoms with Gasteiger partial charge in [-0.25, -0.2) is 0 Å². The zero-order valence-electron chi connectivity index (χ0n) is 9.08. The molecule has 0 heterocycles. The first-order valence-corrected chi connectivity index (χ1v) is 5.03. The summed E-state index contributed by atoms with van der Waals surface area (Å²) in [6.45, 7) is 4.67. The summed E-state index contributed by atoms with van der Waals surface area (Å²) in [7, 11) is 1.39. The first kappa shape index (κ1) is 13.4. The highest BCUT2D eigenvalue weighted by Crippen LogP contribution is 1.92. The van der Waals surface area contributed by atoms with Gasteiger partial charge < -0.3 is 14.2 Å². The van der Waals surface area contributed by atoms with Crippen LogP contribution in [0.5, 0.6) is 0 Å². The number of hydrogen-bond acceptors (Lipinski definition) is 4. The Morgan fingerprint density at radius 1 is 1.07 bits per heavy atom. The lowest BCUT2D eigenvalue weighted by molar-refractivity contribution is -0.141. The zero-order chi connectivity index (χ0) is 10.6. The van der Waals surface area contributed by atoms with Crippen molar-refractivity contribution in [1.29, 1.82) is 0 Å². The molecule has 0 amide bonds. The normalized spacial score (nSPS) is 10.1. The molecule has 4 heteroatoms. The van der Waals surface area contributed by atoms with Crippen LogP contribution in [0.3, 0.4) is 0 Å². The molecule has 0 aliphatic carbocycles. The average Bonchev–Trinajstić information content (AvgIpc) is 2.21. The molecule has 0 aliphatic rings. The van der Waals surface area contributed by atoms with Crippen LogP contribution in [0.1, 0.15) is 26.2 Å². The molecule has 0 unspecified atom stereocenters. The van der Waals surface area contributed by atoms with Gasteiger partial charge in [-0.2, -0.15) is 0 Å². The van der Waals surface area contributed by atoms with Crippen LogP contribution >= 0.6 is 0 Å². The fourth-order valence-corrected chi connectivity index (χ4v) is 0.887. The van der Waals surface area contributed by atoms with Crippen molar-refractivity contribution in [3.63, 3.8) is 0 Å². The summed E-state index contributed by atoms with van der Waals surface area (Å²) in [4.78, 5) is 10.7. The minimum atomic E-state index is -0.184. The van der Waals surface area contributed by atoms with E-state index in [4.69, 9.17) is 9.47 Å². The van der Waals surface area contributed by atoms with Crippen LogP contribution in [0, 0.1) is 0 Å². The second kappa shape index (κ2) is 10.5. The lowest BCUT2D eigenvalue weighted by Gasteiger charge is -2.04. The number of methoxy groups -OCH3 is 1. The molecular formula is C10H20O4. The molecule has 0 N–H and O–H groups in total. The summed E-state index contributed by atoms with van der Waals surface area (Å²) >= 11 is 0. The predicted octanol–water partition coefficient (Wildman–Crippen LogP) is 1.38. The number of rotatable bonds is 9. The first-order chi connectivity index (χ1) is 6.81. The molecule has 84 valence electrons. The molecule has 0 aromatic rings. The van der Waals surface area contributed by atoms with E-state index in [1.165, 1.54) is 7.11 Å². The maximum absolute atomic E-state index is 10.7. The second-order valence-corrected chi connectivity index (χ2v) is 2.90. The van der Waals surface area contributed by atoms with Crippen LogP contribution in [-0.4, -0.2) is 39.5 Å². The van der Waals surface area contributed by atoms with Gasteiger partial charge in [-0.05, 0) is 12.8 Å². The van der Waals surface area contributed by atoms with Crippen LogP contribution < -0.4 is 0 Å². The largest absolute Gasteiger partial charge is 0.469 e. The van der Waals surface area contributed by atoms with Crippen molar-refractivity contribution < 1.29 is 19.0 Å². The molecule has 0 saturated heterocycles. The lowest BCUT2D eigenvalue weighted by atomic mass is 10.3. The second-order valence-electron chi connectivity index (χ2n) is 2.90. The van der Waals surface area contributed by atoms with E-state index < -0.39 is 0 Å². The van der Waals surface area contributed by atoms with Crippen LogP contribution in [0.2, 0.25) is 0 Å². The van der Waals surface area contributed by atoms with Gasteiger partial charge in [0.2, 0.25) is 0 Å². The molecule has 0 aromatic heterocycles. The van der Waals surface area contributed by atoms with Gasteiger partial charge in [0.1, 0.15) is 0 Å². The van der Waals surface area contributed by atoms with Crippen molar-refractivity contribution in [2.24, 2.45) is 0 Å². The van der Waals surface area contributed by atoms with E-state index in [9.17, 15) is 4.79 Å². The molecule has 0 fully saturated rings. The monoisotopic (exact) mass is 204 g/mol. The Morgan fingerprint density at radius 3 is 2.29 bits per heavy atom. The van der Waals surface area contributed by atoms with Gasteiger partial charge >= 0.3 is 5.97 Å². The Balaban J connectivity index is 2.95. The molecule has 0 radical (unpaired) electrons. The summed E-state index contributed by atoms with van der Waals surface area (Å²) in [6.07, 6.45) is 2.16. The van der Waals surface area contributed by atoms with Crippen LogP contribution in [0.4, 0.5) is 0 Å². The summed E-state index contributed by atoms with van der Waals surface area (Å²) in [5, 5.41) is 0. The SMILES string of the molecule is CCCOCCOCCCC(=O)OC. The number of hydrogen-bond donors (Lipinski definition) is 0. The van der Waals surface area contributed by atoms with E-state index in [-0.39, 0.29) is 5.97 Å². The number of ether oxygens (including phenoxy) is 3. The van der Waals surface area contributed by atoms with Crippen LogP contribution in [0.15, 0.2) is 0 Å². The van der Waals surface area contributed by atoms with Crippen LogP contribution in [0.25, 0.3) is 0 Å². The van der Waals surface area contributed by atoms with Gasteiger partial charge in [-0.3, -0.25) is 4.79 Å². The Labute approximate surface area is 85.5 Å². The third kappa shape index (κ3) is 9.48.